The van der Waals surface area contributed by atoms with Crippen LogP contribution in [-0.2, 0) is 25.7 Å². The number of aryl methyl sites for hydroxylation is 1. The average Bonchev–Trinajstić information content (AvgIpc) is 2.65. The molecule has 4 fully saturated rings. The number of carbonyl (C=O) groups is 1. The predicted octanol–water partition coefficient (Wildman–Crippen LogP) is 4.16. The van der Waals surface area contributed by atoms with E-state index in [1.165, 1.54) is 17.5 Å². The van der Waals surface area contributed by atoms with Crippen LogP contribution in [0.25, 0.3) is 0 Å². The van der Waals surface area contributed by atoms with Crippen LogP contribution < -0.4 is 5.26 Å². The minimum atomic E-state index is -3.97. The first-order valence-electron chi connectivity index (χ1n) is 9.92. The van der Waals surface area contributed by atoms with Crippen molar-refractivity contribution in [2.24, 2.45) is 17.3 Å². The zero-order chi connectivity index (χ0) is 20.0. The fourth-order valence-electron chi connectivity index (χ4n) is 6.43. The molecule has 0 amide bonds. The maximum Gasteiger partial charge on any atom is 0.412 e. The van der Waals surface area contributed by atoms with Crippen LogP contribution in [0.15, 0.2) is 24.3 Å². The van der Waals surface area contributed by atoms with Gasteiger partial charge in [-0.05, 0) is 73.3 Å². The minimum absolute atomic E-state index is 0.0113. The fourth-order valence-corrected chi connectivity index (χ4v) is 6.64. The Labute approximate surface area is 168 Å². The fraction of sp³-hybridized carbons (Fsp3) is 0.667. The summed E-state index contributed by atoms with van der Waals surface area (Å²) in [5, 5.41) is 6.02. The lowest BCUT2D eigenvalue weighted by atomic mass is 9.43. The van der Waals surface area contributed by atoms with Crippen LogP contribution in [-0.4, -0.2) is 17.8 Å². The van der Waals surface area contributed by atoms with Crippen LogP contribution in [0.4, 0.5) is 8.78 Å². The number of hydrogen-bond donors (Lipinski definition) is 0. The smallest absolute Gasteiger partial charge is 0.412 e. The molecular formula is C21H25F2O4S-. The Balaban J connectivity index is 1.53. The Bertz CT molecular complexity index is 722. The molecule has 0 heterocycles. The van der Waals surface area contributed by atoms with Gasteiger partial charge in [-0.2, -0.15) is 8.78 Å². The number of rotatable bonds is 7. The van der Waals surface area contributed by atoms with Gasteiger partial charge in [-0.1, -0.05) is 31.2 Å². The molecule has 0 radical (unpaired) electrons. The lowest BCUT2D eigenvalue weighted by Gasteiger charge is -2.62. The molecule has 5 rings (SSSR count). The highest BCUT2D eigenvalue weighted by Crippen LogP contribution is 2.65. The van der Waals surface area contributed by atoms with E-state index in [2.05, 4.69) is 35.5 Å². The minimum Gasteiger partial charge on any atom is -0.710 e. The summed E-state index contributed by atoms with van der Waals surface area (Å²) in [6.07, 6.45) is 7.13. The quantitative estimate of drug-likeness (QED) is 0.292. The molecule has 1 aromatic rings. The number of esters is 1. The topological polar surface area (TPSA) is 58.6 Å². The monoisotopic (exact) mass is 411 g/mol. The molecule has 0 spiro atoms. The van der Waals surface area contributed by atoms with Crippen molar-refractivity contribution in [3.63, 3.8) is 0 Å². The number of ether oxygens (including phenoxy) is 1. The Morgan fingerprint density at radius 3 is 2.43 bits per heavy atom. The summed E-state index contributed by atoms with van der Waals surface area (Å²) in [7, 11) is 0. The van der Waals surface area contributed by atoms with Crippen molar-refractivity contribution < 1.29 is 27.9 Å². The molecule has 0 saturated heterocycles. The second-order valence-electron chi connectivity index (χ2n) is 9.04. The second-order valence-corrected chi connectivity index (χ2v) is 9.85. The molecule has 4 saturated carbocycles. The molecule has 4 aliphatic rings. The van der Waals surface area contributed by atoms with Crippen LogP contribution >= 0.6 is 12.0 Å². The summed E-state index contributed by atoms with van der Waals surface area (Å²) < 4.78 is 35.3. The standard InChI is InChI=1S/C21H26F2O4S/c1-2-14-3-5-17(6-4-14)20-10-15-7-16(11-20)9-19(8-15,12-20)13-26-18(24)21(22,23)28-27-25/h3-6,15-16,25H,2,7-13H2,1H3/p-1. The molecule has 4 bridgehead atoms. The molecule has 2 unspecified atom stereocenters. The van der Waals surface area contributed by atoms with Crippen molar-refractivity contribution in [3.05, 3.63) is 35.4 Å². The largest absolute Gasteiger partial charge is 0.710 e. The van der Waals surface area contributed by atoms with E-state index >= 15 is 0 Å². The van der Waals surface area contributed by atoms with Crippen LogP contribution in [0, 0.1) is 17.3 Å². The maximum absolute atomic E-state index is 13.6. The van der Waals surface area contributed by atoms with Gasteiger partial charge < -0.3 is 14.3 Å². The highest BCUT2D eigenvalue weighted by Gasteiger charge is 2.59. The lowest BCUT2D eigenvalue weighted by Crippen LogP contribution is -2.55. The Morgan fingerprint density at radius 1 is 1.21 bits per heavy atom. The zero-order valence-corrected chi connectivity index (χ0v) is 16.7. The van der Waals surface area contributed by atoms with Crippen molar-refractivity contribution in [2.75, 3.05) is 6.61 Å². The number of halogens is 2. The molecule has 0 N–H and O–H groups in total. The summed E-state index contributed by atoms with van der Waals surface area (Å²) in [6.45, 7) is 2.12. The Kier molecular flexibility index (Phi) is 5.21. The predicted molar refractivity (Wildman–Crippen MR) is 99.2 cm³/mol. The van der Waals surface area contributed by atoms with E-state index < -0.39 is 23.3 Å². The Hall–Kier alpha value is -1.18. The van der Waals surface area contributed by atoms with Gasteiger partial charge in [0.05, 0.1) is 18.6 Å². The summed E-state index contributed by atoms with van der Waals surface area (Å²) in [5.74, 6) is -0.596. The van der Waals surface area contributed by atoms with E-state index in [1.54, 1.807) is 0 Å². The molecule has 0 aliphatic heterocycles. The normalized spacial score (nSPS) is 33.9. The molecule has 154 valence electrons. The summed E-state index contributed by atoms with van der Waals surface area (Å²) in [5.41, 5.74) is 2.44. The highest BCUT2D eigenvalue weighted by atomic mass is 32.2. The van der Waals surface area contributed by atoms with Gasteiger partial charge in [0.25, 0.3) is 0 Å². The van der Waals surface area contributed by atoms with Gasteiger partial charge in [-0.3, -0.25) is 0 Å². The number of hydrogen-bond acceptors (Lipinski definition) is 5. The first kappa shape index (κ1) is 20.1. The van der Waals surface area contributed by atoms with Gasteiger partial charge in [-0.25, -0.2) is 4.79 Å². The third-order valence-electron chi connectivity index (χ3n) is 7.04. The van der Waals surface area contributed by atoms with Gasteiger partial charge in [0, 0.05) is 5.41 Å². The third kappa shape index (κ3) is 3.57. The van der Waals surface area contributed by atoms with Crippen molar-refractivity contribution in [1.29, 1.82) is 0 Å². The van der Waals surface area contributed by atoms with E-state index in [0.29, 0.717) is 11.8 Å². The maximum atomic E-state index is 13.6. The SMILES string of the molecule is CCc1ccc(C23CC4CC(CC(COC(=O)C(F)(F)SO[O-])(C4)C2)C3)cc1. The van der Waals surface area contributed by atoms with Crippen LogP contribution in [0.2, 0.25) is 0 Å². The molecule has 4 nitrogen and oxygen atoms in total. The molecular weight excluding hydrogens is 386 g/mol. The lowest BCUT2D eigenvalue weighted by molar-refractivity contribution is -0.630. The number of benzene rings is 1. The second kappa shape index (κ2) is 7.26. The first-order valence-corrected chi connectivity index (χ1v) is 10.7. The Morgan fingerprint density at radius 2 is 1.86 bits per heavy atom. The van der Waals surface area contributed by atoms with E-state index in [1.807, 2.05) is 0 Å². The molecule has 28 heavy (non-hydrogen) atoms. The molecule has 1 aromatic carbocycles. The first-order chi connectivity index (χ1) is 13.3. The summed E-state index contributed by atoms with van der Waals surface area (Å²) in [4.78, 5) is 11.8. The number of carbonyl (C=O) groups excluding carboxylic acids is 1. The van der Waals surface area contributed by atoms with Gasteiger partial charge in [0.1, 0.15) is 0 Å². The molecule has 4 aliphatic carbocycles. The van der Waals surface area contributed by atoms with E-state index in [4.69, 9.17) is 4.74 Å². The molecule has 2 atom stereocenters. The molecule has 7 heteroatoms. The van der Waals surface area contributed by atoms with Crippen LogP contribution in [0.3, 0.4) is 0 Å². The van der Waals surface area contributed by atoms with Crippen molar-refractivity contribution >= 4 is 18.0 Å². The molecule has 0 aromatic heterocycles. The number of alkyl halides is 2. The average molecular weight is 411 g/mol. The van der Waals surface area contributed by atoms with E-state index in [0.717, 1.165) is 38.5 Å². The third-order valence-corrected chi connectivity index (χ3v) is 7.49. The van der Waals surface area contributed by atoms with Crippen molar-refractivity contribution in [2.45, 2.75) is 62.5 Å². The van der Waals surface area contributed by atoms with Gasteiger partial charge in [-0.15, -0.1) is 0 Å². The van der Waals surface area contributed by atoms with Gasteiger partial charge in [0.15, 0.2) is 0 Å². The van der Waals surface area contributed by atoms with Crippen molar-refractivity contribution in [3.8, 4) is 0 Å². The van der Waals surface area contributed by atoms with Gasteiger partial charge in [0.2, 0.25) is 0 Å². The van der Waals surface area contributed by atoms with Crippen LogP contribution in [0.5, 0.6) is 0 Å². The van der Waals surface area contributed by atoms with E-state index in [9.17, 15) is 18.8 Å². The van der Waals surface area contributed by atoms with Crippen molar-refractivity contribution in [1.82, 2.24) is 0 Å². The van der Waals surface area contributed by atoms with E-state index in [-0.39, 0.29) is 17.4 Å². The summed E-state index contributed by atoms with van der Waals surface area (Å²) in [6, 6.07) is 8.81. The van der Waals surface area contributed by atoms with Gasteiger partial charge >= 0.3 is 11.2 Å². The summed E-state index contributed by atoms with van der Waals surface area (Å²) >= 11 is -0.705. The highest BCUT2D eigenvalue weighted by molar-refractivity contribution is 7.96. The zero-order valence-electron chi connectivity index (χ0n) is 15.9. The van der Waals surface area contributed by atoms with Crippen LogP contribution in [0.1, 0.15) is 56.6 Å².